The molecule has 0 atom stereocenters. The van der Waals surface area contributed by atoms with Gasteiger partial charge in [-0.25, -0.2) is 8.42 Å². The summed E-state index contributed by atoms with van der Waals surface area (Å²) < 4.78 is 36.1. The Kier molecular flexibility index (Phi) is 5.96. The van der Waals surface area contributed by atoms with E-state index in [2.05, 4.69) is 0 Å². The zero-order valence-corrected chi connectivity index (χ0v) is 10.4. The standard InChI is InChI=1S/C9H9ClFNO2S.ClH/c10-7-1-3-8(4-2-7)15(13,14)9(11)5-6-12;/h1-5H,6,12H2;1H/b9-5+;. The zero-order chi connectivity index (χ0) is 11.5. The van der Waals surface area contributed by atoms with Crippen molar-refractivity contribution in [2.45, 2.75) is 4.90 Å². The van der Waals surface area contributed by atoms with Gasteiger partial charge in [-0.15, -0.1) is 12.4 Å². The van der Waals surface area contributed by atoms with E-state index in [1.807, 2.05) is 0 Å². The smallest absolute Gasteiger partial charge is 0.233 e. The van der Waals surface area contributed by atoms with Crippen LogP contribution in [0.5, 0.6) is 0 Å². The van der Waals surface area contributed by atoms with Crippen molar-refractivity contribution in [3.05, 3.63) is 40.5 Å². The predicted molar refractivity (Wildman–Crippen MR) is 64.1 cm³/mol. The zero-order valence-electron chi connectivity index (χ0n) is 8.06. The van der Waals surface area contributed by atoms with E-state index in [0.29, 0.717) is 5.02 Å². The molecule has 0 saturated heterocycles. The molecule has 0 saturated carbocycles. The van der Waals surface area contributed by atoms with Crippen LogP contribution >= 0.6 is 24.0 Å². The van der Waals surface area contributed by atoms with Crippen LogP contribution in [0.15, 0.2) is 40.4 Å². The first-order valence-corrected chi connectivity index (χ1v) is 5.91. The maximum atomic E-state index is 13.1. The first kappa shape index (κ1) is 15.4. The van der Waals surface area contributed by atoms with Gasteiger partial charge in [-0.3, -0.25) is 0 Å². The summed E-state index contributed by atoms with van der Waals surface area (Å²) in [6, 6.07) is 5.23. The average molecular weight is 286 g/mol. The maximum Gasteiger partial charge on any atom is 0.233 e. The monoisotopic (exact) mass is 285 g/mol. The topological polar surface area (TPSA) is 60.2 Å². The molecular weight excluding hydrogens is 276 g/mol. The highest BCUT2D eigenvalue weighted by Crippen LogP contribution is 2.21. The molecule has 16 heavy (non-hydrogen) atoms. The molecule has 0 radical (unpaired) electrons. The van der Waals surface area contributed by atoms with Crippen molar-refractivity contribution < 1.29 is 12.8 Å². The van der Waals surface area contributed by atoms with E-state index >= 15 is 0 Å². The van der Waals surface area contributed by atoms with Gasteiger partial charge in [0.25, 0.3) is 0 Å². The largest absolute Gasteiger partial charge is 0.327 e. The van der Waals surface area contributed by atoms with E-state index in [0.717, 1.165) is 6.08 Å². The van der Waals surface area contributed by atoms with Crippen molar-refractivity contribution in [2.75, 3.05) is 6.54 Å². The van der Waals surface area contributed by atoms with Gasteiger partial charge in [-0.05, 0) is 30.3 Å². The Bertz CT molecular complexity index is 471. The van der Waals surface area contributed by atoms with Gasteiger partial charge in [0.05, 0.1) is 4.90 Å². The lowest BCUT2D eigenvalue weighted by atomic mass is 10.4. The van der Waals surface area contributed by atoms with E-state index in [1.54, 1.807) is 0 Å². The van der Waals surface area contributed by atoms with Crippen molar-refractivity contribution in [1.82, 2.24) is 0 Å². The Morgan fingerprint density at radius 1 is 1.38 bits per heavy atom. The second-order valence-corrected chi connectivity index (χ2v) is 5.01. The number of sulfone groups is 1. The van der Waals surface area contributed by atoms with E-state index in [-0.39, 0.29) is 23.8 Å². The fourth-order valence-electron chi connectivity index (χ4n) is 0.929. The van der Waals surface area contributed by atoms with Crippen molar-refractivity contribution in [1.29, 1.82) is 0 Å². The van der Waals surface area contributed by atoms with Crippen molar-refractivity contribution >= 4 is 33.8 Å². The molecule has 0 bridgehead atoms. The lowest BCUT2D eigenvalue weighted by Crippen LogP contribution is -2.04. The van der Waals surface area contributed by atoms with E-state index < -0.39 is 15.0 Å². The van der Waals surface area contributed by atoms with Crippen LogP contribution in [0.3, 0.4) is 0 Å². The Labute approximate surface area is 104 Å². The summed E-state index contributed by atoms with van der Waals surface area (Å²) in [6.45, 7) is -0.168. The van der Waals surface area contributed by atoms with Gasteiger partial charge in [0.2, 0.25) is 15.0 Å². The molecule has 1 aromatic carbocycles. The number of nitrogens with two attached hydrogens (primary N) is 1. The molecule has 0 unspecified atom stereocenters. The number of rotatable bonds is 3. The van der Waals surface area contributed by atoms with Gasteiger partial charge >= 0.3 is 0 Å². The molecule has 0 aliphatic heterocycles. The summed E-state index contributed by atoms with van der Waals surface area (Å²) in [5.74, 6) is 0. The highest BCUT2D eigenvalue weighted by atomic mass is 35.5. The van der Waals surface area contributed by atoms with Crippen LogP contribution in [0.2, 0.25) is 5.02 Å². The molecule has 0 aliphatic rings. The first-order chi connectivity index (χ1) is 6.98. The summed E-state index contributed by atoms with van der Waals surface area (Å²) in [6.07, 6.45) is 0.809. The lowest BCUT2D eigenvalue weighted by Gasteiger charge is -2.01. The fraction of sp³-hybridized carbons (Fsp3) is 0.111. The number of halogens is 3. The van der Waals surface area contributed by atoms with Gasteiger partial charge in [0.15, 0.2) is 0 Å². The first-order valence-electron chi connectivity index (χ1n) is 4.05. The molecule has 2 N–H and O–H groups in total. The van der Waals surface area contributed by atoms with Crippen LogP contribution in [0.1, 0.15) is 0 Å². The Morgan fingerprint density at radius 3 is 2.31 bits per heavy atom. The van der Waals surface area contributed by atoms with Crippen molar-refractivity contribution in [3.63, 3.8) is 0 Å². The Balaban J connectivity index is 0.00000225. The second-order valence-electron chi connectivity index (χ2n) is 2.70. The van der Waals surface area contributed by atoms with Crippen LogP contribution in [-0.2, 0) is 9.84 Å². The minimum atomic E-state index is -4.06. The molecule has 0 aliphatic carbocycles. The Morgan fingerprint density at radius 2 is 1.88 bits per heavy atom. The van der Waals surface area contributed by atoms with Gasteiger partial charge in [-0.2, -0.15) is 4.39 Å². The summed E-state index contributed by atoms with van der Waals surface area (Å²) in [5, 5.41) is -0.857. The third-order valence-electron chi connectivity index (χ3n) is 1.66. The van der Waals surface area contributed by atoms with Crippen LogP contribution in [0.25, 0.3) is 0 Å². The maximum absolute atomic E-state index is 13.1. The average Bonchev–Trinajstić information content (AvgIpc) is 2.18. The van der Waals surface area contributed by atoms with E-state index in [4.69, 9.17) is 17.3 Å². The van der Waals surface area contributed by atoms with Crippen molar-refractivity contribution in [3.8, 4) is 0 Å². The highest BCUT2D eigenvalue weighted by molar-refractivity contribution is 7.95. The molecule has 0 amide bonds. The highest BCUT2D eigenvalue weighted by Gasteiger charge is 2.19. The number of benzene rings is 1. The lowest BCUT2D eigenvalue weighted by molar-refractivity contribution is 0.576. The molecule has 1 rings (SSSR count). The summed E-state index contributed by atoms with van der Waals surface area (Å²) in [4.78, 5) is -0.144. The third-order valence-corrected chi connectivity index (χ3v) is 3.48. The van der Waals surface area contributed by atoms with Gasteiger partial charge in [-0.1, -0.05) is 11.6 Å². The summed E-state index contributed by atoms with van der Waals surface area (Å²) in [5.41, 5.74) is 5.03. The quantitative estimate of drug-likeness (QED) is 0.927. The fourth-order valence-corrected chi connectivity index (χ4v) is 2.09. The van der Waals surface area contributed by atoms with Gasteiger partial charge in [0.1, 0.15) is 0 Å². The van der Waals surface area contributed by atoms with Gasteiger partial charge in [0, 0.05) is 11.6 Å². The molecule has 0 aromatic heterocycles. The third kappa shape index (κ3) is 3.45. The predicted octanol–water partition coefficient (Wildman–Crippen LogP) is 2.31. The Hall–Kier alpha value is -0.620. The van der Waals surface area contributed by atoms with E-state index in [1.165, 1.54) is 24.3 Å². The molecule has 0 heterocycles. The number of hydrogen-bond donors (Lipinski definition) is 1. The molecule has 0 fully saturated rings. The normalized spacial score (nSPS) is 12.1. The second kappa shape index (κ2) is 6.20. The number of hydrogen-bond acceptors (Lipinski definition) is 3. The van der Waals surface area contributed by atoms with Gasteiger partial charge < -0.3 is 5.73 Å². The minimum Gasteiger partial charge on any atom is -0.327 e. The van der Waals surface area contributed by atoms with E-state index in [9.17, 15) is 12.8 Å². The molecule has 90 valence electrons. The van der Waals surface area contributed by atoms with Crippen LogP contribution < -0.4 is 5.73 Å². The molecule has 1 aromatic rings. The summed E-state index contributed by atoms with van der Waals surface area (Å²) in [7, 11) is -4.06. The molecule has 3 nitrogen and oxygen atoms in total. The van der Waals surface area contributed by atoms with Crippen molar-refractivity contribution in [2.24, 2.45) is 5.73 Å². The van der Waals surface area contributed by atoms with Crippen LogP contribution in [0, 0.1) is 0 Å². The molecule has 0 spiro atoms. The molecule has 7 heteroatoms. The molecular formula is C9H10Cl2FNO2S. The van der Waals surface area contributed by atoms with Crippen LogP contribution in [0.4, 0.5) is 4.39 Å². The SMILES string of the molecule is Cl.NC/C=C(\F)S(=O)(=O)c1ccc(Cl)cc1. The minimum absolute atomic E-state index is 0. The summed E-state index contributed by atoms with van der Waals surface area (Å²) >= 11 is 5.58. The van der Waals surface area contributed by atoms with Crippen LogP contribution in [-0.4, -0.2) is 15.0 Å².